The summed E-state index contributed by atoms with van der Waals surface area (Å²) in [5.74, 6) is -0.139. The number of nitrogens with zero attached hydrogens (tertiary/aromatic N) is 1. The average molecular weight is 369 g/mol. The number of likely N-dealkylation sites (tertiary alicyclic amines) is 1. The number of carboxylic acid groups (broad SMARTS) is 1. The number of benzene rings is 2. The molecule has 0 saturated carbocycles. The van der Waals surface area contributed by atoms with Crippen LogP contribution in [0, 0.1) is 0 Å². The summed E-state index contributed by atoms with van der Waals surface area (Å²) >= 11 is 0. The van der Waals surface area contributed by atoms with Crippen LogP contribution in [0.4, 0.5) is 0 Å². The molecule has 1 aliphatic heterocycles. The van der Waals surface area contributed by atoms with Crippen molar-refractivity contribution in [2.24, 2.45) is 0 Å². The van der Waals surface area contributed by atoms with Crippen molar-refractivity contribution in [3.8, 4) is 5.75 Å². The van der Waals surface area contributed by atoms with E-state index in [0.29, 0.717) is 6.42 Å². The zero-order valence-electron chi connectivity index (χ0n) is 16.0. The molecule has 5 nitrogen and oxygen atoms in total. The molecule has 0 aliphatic carbocycles. The number of piperidine rings is 1. The van der Waals surface area contributed by atoms with Crippen LogP contribution in [0.3, 0.4) is 0 Å². The van der Waals surface area contributed by atoms with E-state index in [1.54, 1.807) is 7.11 Å². The molecule has 5 heteroatoms. The Hall–Kier alpha value is -2.56. The van der Waals surface area contributed by atoms with Crippen LogP contribution >= 0.6 is 0 Å². The van der Waals surface area contributed by atoms with Crippen molar-refractivity contribution in [1.29, 1.82) is 0 Å². The molecule has 2 atom stereocenters. The van der Waals surface area contributed by atoms with Crippen molar-refractivity contribution in [1.82, 2.24) is 4.90 Å². The smallest absolute Gasteiger partial charge is 0.303 e. The van der Waals surface area contributed by atoms with E-state index in [2.05, 4.69) is 6.07 Å². The third-order valence-corrected chi connectivity index (χ3v) is 5.54. The van der Waals surface area contributed by atoms with Crippen LogP contribution < -0.4 is 4.74 Å². The molecular formula is C22H27NO4. The van der Waals surface area contributed by atoms with Gasteiger partial charge < -0.3 is 14.7 Å². The molecule has 0 spiro atoms. The summed E-state index contributed by atoms with van der Waals surface area (Å²) in [6.07, 6.45) is 3.58. The first kappa shape index (κ1) is 19.2. The Balaban J connectivity index is 1.78. The van der Waals surface area contributed by atoms with Crippen LogP contribution in [-0.4, -0.2) is 41.6 Å². The van der Waals surface area contributed by atoms with Gasteiger partial charge in [-0.1, -0.05) is 24.3 Å². The maximum absolute atomic E-state index is 13.1. The van der Waals surface area contributed by atoms with Gasteiger partial charge in [-0.05, 0) is 61.1 Å². The quantitative estimate of drug-likeness (QED) is 0.829. The molecule has 1 heterocycles. The number of rotatable bonds is 6. The summed E-state index contributed by atoms with van der Waals surface area (Å²) in [5, 5.41) is 11.1. The minimum atomic E-state index is -0.800. The number of aliphatic carboxylic acids is 1. The molecule has 144 valence electrons. The van der Waals surface area contributed by atoms with E-state index in [9.17, 15) is 9.59 Å². The zero-order chi connectivity index (χ0) is 19.4. The van der Waals surface area contributed by atoms with Gasteiger partial charge in [-0.25, -0.2) is 0 Å². The zero-order valence-corrected chi connectivity index (χ0v) is 16.0. The third kappa shape index (κ3) is 4.41. The lowest BCUT2D eigenvalue weighted by Gasteiger charge is -2.37. The fraction of sp³-hybridized carbons (Fsp3) is 0.455. The molecule has 1 saturated heterocycles. The van der Waals surface area contributed by atoms with Crippen LogP contribution in [0.1, 0.15) is 50.5 Å². The van der Waals surface area contributed by atoms with Crippen LogP contribution in [0.5, 0.6) is 5.75 Å². The summed E-state index contributed by atoms with van der Waals surface area (Å²) in [5.41, 5.74) is 0.986. The van der Waals surface area contributed by atoms with Gasteiger partial charge in [0.15, 0.2) is 0 Å². The molecule has 0 aromatic heterocycles. The molecule has 27 heavy (non-hydrogen) atoms. The summed E-state index contributed by atoms with van der Waals surface area (Å²) in [7, 11) is 1.65. The van der Waals surface area contributed by atoms with Crippen LogP contribution in [-0.2, 0) is 9.59 Å². The number of methoxy groups -OCH3 is 1. The first-order valence-corrected chi connectivity index (χ1v) is 9.59. The van der Waals surface area contributed by atoms with Crippen molar-refractivity contribution in [3.63, 3.8) is 0 Å². The van der Waals surface area contributed by atoms with Crippen LogP contribution in [0.25, 0.3) is 10.8 Å². The second-order valence-electron chi connectivity index (χ2n) is 7.31. The standard InChI is InChI=1S/C22H27NO4/c1-15(16-6-7-18-14-20(27-2)10-8-17(18)13-16)22(26)23-12-4-3-5-19(23)9-11-21(24)25/h6-8,10,13-15,19H,3-5,9,11-12H2,1-2H3,(H,24,25)/t15-,19?/m0/s1. The molecule has 1 aliphatic rings. The molecule has 2 aromatic carbocycles. The molecule has 1 unspecified atom stereocenters. The normalized spacial score (nSPS) is 18.3. The van der Waals surface area contributed by atoms with Gasteiger partial charge in [0.2, 0.25) is 5.91 Å². The minimum absolute atomic E-state index is 0.0366. The highest BCUT2D eigenvalue weighted by Crippen LogP contribution is 2.29. The van der Waals surface area contributed by atoms with Crippen LogP contribution in [0.15, 0.2) is 36.4 Å². The van der Waals surface area contributed by atoms with E-state index in [0.717, 1.165) is 47.9 Å². The molecule has 1 N–H and O–H groups in total. The minimum Gasteiger partial charge on any atom is -0.497 e. The first-order valence-electron chi connectivity index (χ1n) is 9.59. The Labute approximate surface area is 159 Å². The second kappa shape index (κ2) is 8.42. The highest BCUT2D eigenvalue weighted by Gasteiger charge is 2.30. The van der Waals surface area contributed by atoms with E-state index in [1.807, 2.05) is 42.2 Å². The predicted octanol–water partition coefficient (Wildman–Crippen LogP) is 4.20. The van der Waals surface area contributed by atoms with Gasteiger partial charge in [0.25, 0.3) is 0 Å². The van der Waals surface area contributed by atoms with E-state index >= 15 is 0 Å². The summed E-state index contributed by atoms with van der Waals surface area (Å²) in [6.45, 7) is 2.66. The van der Waals surface area contributed by atoms with E-state index in [-0.39, 0.29) is 24.3 Å². The number of fused-ring (bicyclic) bond motifs is 1. The number of carbonyl (C=O) groups excluding carboxylic acids is 1. The number of carbonyl (C=O) groups is 2. The Kier molecular flexibility index (Phi) is 5.99. The van der Waals surface area contributed by atoms with E-state index < -0.39 is 5.97 Å². The van der Waals surface area contributed by atoms with Crippen molar-refractivity contribution in [2.45, 2.75) is 51.0 Å². The number of hydrogen-bond donors (Lipinski definition) is 1. The molecule has 1 fully saturated rings. The summed E-state index contributed by atoms with van der Waals surface area (Å²) < 4.78 is 5.27. The van der Waals surface area contributed by atoms with Gasteiger partial charge in [0.05, 0.1) is 13.0 Å². The van der Waals surface area contributed by atoms with Gasteiger partial charge in [-0.2, -0.15) is 0 Å². The Morgan fingerprint density at radius 2 is 1.93 bits per heavy atom. The van der Waals surface area contributed by atoms with E-state index in [4.69, 9.17) is 9.84 Å². The predicted molar refractivity (Wildman–Crippen MR) is 105 cm³/mol. The number of ether oxygens (including phenoxy) is 1. The topological polar surface area (TPSA) is 66.8 Å². The largest absolute Gasteiger partial charge is 0.497 e. The highest BCUT2D eigenvalue weighted by molar-refractivity contribution is 5.88. The second-order valence-corrected chi connectivity index (χ2v) is 7.31. The Bertz CT molecular complexity index is 832. The van der Waals surface area contributed by atoms with Crippen molar-refractivity contribution < 1.29 is 19.4 Å². The molecular weight excluding hydrogens is 342 g/mol. The SMILES string of the molecule is COc1ccc2cc([C@H](C)C(=O)N3CCCCC3CCC(=O)O)ccc2c1. The third-order valence-electron chi connectivity index (χ3n) is 5.54. The summed E-state index contributed by atoms with van der Waals surface area (Å²) in [6, 6.07) is 12.0. The van der Waals surface area contributed by atoms with E-state index in [1.165, 1.54) is 0 Å². The summed E-state index contributed by atoms with van der Waals surface area (Å²) in [4.78, 5) is 26.0. The van der Waals surface area contributed by atoms with Gasteiger partial charge in [-0.3, -0.25) is 9.59 Å². The van der Waals surface area contributed by atoms with Crippen LogP contribution in [0.2, 0.25) is 0 Å². The van der Waals surface area contributed by atoms with Gasteiger partial charge in [-0.15, -0.1) is 0 Å². The first-order chi connectivity index (χ1) is 13.0. The molecule has 0 bridgehead atoms. The molecule has 1 amide bonds. The lowest BCUT2D eigenvalue weighted by molar-refractivity contribution is -0.140. The maximum atomic E-state index is 13.1. The van der Waals surface area contributed by atoms with Crippen molar-refractivity contribution in [3.05, 3.63) is 42.0 Å². The fourth-order valence-corrected chi connectivity index (χ4v) is 3.91. The number of amides is 1. The number of carboxylic acids is 1. The van der Waals surface area contributed by atoms with Gasteiger partial charge in [0, 0.05) is 19.0 Å². The molecule has 2 aromatic rings. The Morgan fingerprint density at radius 1 is 1.19 bits per heavy atom. The lowest BCUT2D eigenvalue weighted by atomic mass is 9.92. The maximum Gasteiger partial charge on any atom is 0.303 e. The average Bonchev–Trinajstić information content (AvgIpc) is 2.70. The van der Waals surface area contributed by atoms with Crippen molar-refractivity contribution >= 4 is 22.6 Å². The molecule has 3 rings (SSSR count). The lowest BCUT2D eigenvalue weighted by Crippen LogP contribution is -2.45. The molecule has 0 radical (unpaired) electrons. The van der Waals surface area contributed by atoms with Gasteiger partial charge >= 0.3 is 5.97 Å². The fourth-order valence-electron chi connectivity index (χ4n) is 3.91. The van der Waals surface area contributed by atoms with Crippen molar-refractivity contribution in [2.75, 3.05) is 13.7 Å². The monoisotopic (exact) mass is 369 g/mol. The number of hydrogen-bond acceptors (Lipinski definition) is 3. The Morgan fingerprint density at radius 3 is 2.67 bits per heavy atom. The highest BCUT2D eigenvalue weighted by atomic mass is 16.5. The van der Waals surface area contributed by atoms with Gasteiger partial charge in [0.1, 0.15) is 5.75 Å².